The van der Waals surface area contributed by atoms with Crippen LogP contribution in [-0.2, 0) is 11.3 Å². The van der Waals surface area contributed by atoms with Gasteiger partial charge in [0.15, 0.2) is 0 Å². The smallest absolute Gasteiger partial charge is 0.241 e. The summed E-state index contributed by atoms with van der Waals surface area (Å²) in [6, 6.07) is 11.4. The molecule has 1 amide bonds. The summed E-state index contributed by atoms with van der Waals surface area (Å²) in [7, 11) is 1.60. The van der Waals surface area contributed by atoms with E-state index < -0.39 is 0 Å². The van der Waals surface area contributed by atoms with Crippen molar-refractivity contribution in [1.29, 1.82) is 0 Å². The minimum atomic E-state index is -0.368. The number of aromatic nitrogens is 3. The summed E-state index contributed by atoms with van der Waals surface area (Å²) in [5.74, 6) is 0.541. The van der Waals surface area contributed by atoms with E-state index >= 15 is 0 Å². The van der Waals surface area contributed by atoms with E-state index in [1.54, 1.807) is 25.4 Å². The van der Waals surface area contributed by atoms with Crippen LogP contribution in [0.2, 0.25) is 0 Å². The van der Waals surface area contributed by atoms with E-state index in [1.807, 2.05) is 18.2 Å². The van der Waals surface area contributed by atoms with Gasteiger partial charge in [-0.2, -0.15) is 0 Å². The van der Waals surface area contributed by atoms with Gasteiger partial charge in [-0.05, 0) is 46.3 Å². The molecule has 3 aromatic rings. The fraction of sp³-hybridized carbons (Fsp3) is 0.211. The van der Waals surface area contributed by atoms with Crippen LogP contribution in [0.4, 0.5) is 4.39 Å². The maximum Gasteiger partial charge on any atom is 0.241 e. The molecule has 2 aromatic carbocycles. The van der Waals surface area contributed by atoms with E-state index in [-0.39, 0.29) is 24.9 Å². The molecule has 1 N–H and O–H groups in total. The molecule has 0 aliphatic rings. The van der Waals surface area contributed by atoms with E-state index in [1.165, 1.54) is 16.8 Å². The molecular formula is C19H18BrFN4O3. The number of benzene rings is 2. The van der Waals surface area contributed by atoms with Crippen LogP contribution in [0.3, 0.4) is 0 Å². The molecule has 1 aromatic heterocycles. The lowest BCUT2D eigenvalue weighted by molar-refractivity contribution is -0.121. The molecule has 28 heavy (non-hydrogen) atoms. The minimum Gasteiger partial charge on any atom is -0.496 e. The third kappa shape index (κ3) is 5.29. The molecule has 0 unspecified atom stereocenters. The summed E-state index contributed by atoms with van der Waals surface area (Å²) in [4.78, 5) is 12.0. The van der Waals surface area contributed by atoms with Crippen molar-refractivity contribution >= 4 is 21.8 Å². The standard InChI is InChI=1S/C19H18BrFN4O3/c1-27-18-6-5-13(9-16(18)20)17-11-25(24-23-17)12-19(26)22-7-8-28-15-4-2-3-14(21)10-15/h2-6,9-11H,7-8,12H2,1H3,(H,22,26). The van der Waals surface area contributed by atoms with Crippen molar-refractivity contribution in [3.63, 3.8) is 0 Å². The third-order valence-corrected chi connectivity index (χ3v) is 4.40. The number of nitrogens with zero attached hydrogens (tertiary/aromatic N) is 3. The fourth-order valence-corrected chi connectivity index (χ4v) is 2.99. The van der Waals surface area contributed by atoms with Gasteiger partial charge in [-0.15, -0.1) is 5.10 Å². The highest BCUT2D eigenvalue weighted by Crippen LogP contribution is 2.29. The molecule has 0 spiro atoms. The summed E-state index contributed by atoms with van der Waals surface area (Å²) >= 11 is 3.43. The Morgan fingerprint density at radius 1 is 1.29 bits per heavy atom. The first-order valence-electron chi connectivity index (χ1n) is 8.44. The van der Waals surface area contributed by atoms with Gasteiger partial charge >= 0.3 is 0 Å². The van der Waals surface area contributed by atoms with Crippen LogP contribution >= 0.6 is 15.9 Å². The topological polar surface area (TPSA) is 78.3 Å². The molecule has 1 heterocycles. The van der Waals surface area contributed by atoms with Crippen molar-refractivity contribution in [3.8, 4) is 22.8 Å². The first kappa shape index (κ1) is 19.8. The van der Waals surface area contributed by atoms with Gasteiger partial charge < -0.3 is 14.8 Å². The Kier molecular flexibility index (Phi) is 6.59. The second kappa shape index (κ2) is 9.32. The zero-order chi connectivity index (χ0) is 19.9. The van der Waals surface area contributed by atoms with E-state index in [0.29, 0.717) is 18.0 Å². The predicted molar refractivity (Wildman–Crippen MR) is 105 cm³/mol. The summed E-state index contributed by atoms with van der Waals surface area (Å²) in [6.45, 7) is 0.560. The fourth-order valence-electron chi connectivity index (χ4n) is 2.45. The molecule has 0 aliphatic carbocycles. The predicted octanol–water partition coefficient (Wildman–Crippen LogP) is 3.05. The lowest BCUT2D eigenvalue weighted by Gasteiger charge is -2.07. The molecule has 0 radical (unpaired) electrons. The molecule has 0 saturated heterocycles. The maximum absolute atomic E-state index is 13.1. The summed E-state index contributed by atoms with van der Waals surface area (Å²) in [5, 5.41) is 10.8. The zero-order valence-electron chi connectivity index (χ0n) is 15.1. The molecule has 0 bridgehead atoms. The van der Waals surface area contributed by atoms with Crippen molar-refractivity contribution in [1.82, 2.24) is 20.3 Å². The average Bonchev–Trinajstić information content (AvgIpc) is 3.13. The first-order chi connectivity index (χ1) is 13.5. The Labute approximate surface area is 169 Å². The molecule has 9 heteroatoms. The highest BCUT2D eigenvalue weighted by molar-refractivity contribution is 9.10. The van der Waals surface area contributed by atoms with Crippen molar-refractivity contribution in [2.24, 2.45) is 0 Å². The van der Waals surface area contributed by atoms with E-state index in [9.17, 15) is 9.18 Å². The van der Waals surface area contributed by atoms with Gasteiger partial charge in [0.1, 0.15) is 36.2 Å². The van der Waals surface area contributed by atoms with Crippen LogP contribution in [-0.4, -0.2) is 41.2 Å². The first-order valence-corrected chi connectivity index (χ1v) is 9.23. The van der Waals surface area contributed by atoms with Crippen LogP contribution < -0.4 is 14.8 Å². The Balaban J connectivity index is 1.48. The van der Waals surface area contributed by atoms with Gasteiger partial charge in [0.05, 0.1) is 24.3 Å². The molecular weight excluding hydrogens is 431 g/mol. The normalized spacial score (nSPS) is 10.5. The molecule has 146 valence electrons. The van der Waals surface area contributed by atoms with Crippen LogP contribution in [0.1, 0.15) is 0 Å². The minimum absolute atomic E-state index is 0.0320. The van der Waals surface area contributed by atoms with E-state index in [0.717, 1.165) is 15.8 Å². The van der Waals surface area contributed by atoms with Crippen LogP contribution in [0.25, 0.3) is 11.3 Å². The largest absolute Gasteiger partial charge is 0.496 e. The zero-order valence-corrected chi connectivity index (χ0v) is 16.6. The Morgan fingerprint density at radius 3 is 2.89 bits per heavy atom. The Morgan fingerprint density at radius 2 is 2.14 bits per heavy atom. The van der Waals surface area contributed by atoms with Crippen LogP contribution in [0.5, 0.6) is 11.5 Å². The van der Waals surface area contributed by atoms with Crippen molar-refractivity contribution in [2.45, 2.75) is 6.54 Å². The number of hydrogen-bond donors (Lipinski definition) is 1. The van der Waals surface area contributed by atoms with Gasteiger partial charge in [-0.3, -0.25) is 4.79 Å². The lowest BCUT2D eigenvalue weighted by atomic mass is 10.2. The number of carbonyl (C=O) groups is 1. The third-order valence-electron chi connectivity index (χ3n) is 3.78. The summed E-state index contributed by atoms with van der Waals surface area (Å²) < 4.78 is 25.9. The SMILES string of the molecule is COc1ccc(-c2cn(CC(=O)NCCOc3cccc(F)c3)nn2)cc1Br. The Hall–Kier alpha value is -2.94. The number of amides is 1. The molecule has 0 saturated carbocycles. The average molecular weight is 449 g/mol. The number of nitrogens with one attached hydrogen (secondary N) is 1. The van der Waals surface area contributed by atoms with Gasteiger partial charge in [0.2, 0.25) is 5.91 Å². The number of hydrogen-bond acceptors (Lipinski definition) is 5. The van der Waals surface area contributed by atoms with Crippen molar-refractivity contribution in [2.75, 3.05) is 20.3 Å². The van der Waals surface area contributed by atoms with Gasteiger partial charge in [0, 0.05) is 11.6 Å². The van der Waals surface area contributed by atoms with Crippen LogP contribution in [0.15, 0.2) is 53.1 Å². The van der Waals surface area contributed by atoms with E-state index in [4.69, 9.17) is 9.47 Å². The van der Waals surface area contributed by atoms with E-state index in [2.05, 4.69) is 31.6 Å². The monoisotopic (exact) mass is 448 g/mol. The van der Waals surface area contributed by atoms with Gasteiger partial charge in [-0.1, -0.05) is 11.3 Å². The number of methoxy groups -OCH3 is 1. The molecule has 7 nitrogen and oxygen atoms in total. The highest BCUT2D eigenvalue weighted by atomic mass is 79.9. The van der Waals surface area contributed by atoms with Crippen molar-refractivity contribution in [3.05, 3.63) is 59.0 Å². The molecule has 0 atom stereocenters. The van der Waals surface area contributed by atoms with Crippen LogP contribution in [0, 0.1) is 5.82 Å². The summed E-state index contributed by atoms with van der Waals surface area (Å²) in [6.07, 6.45) is 1.69. The molecule has 0 fully saturated rings. The summed E-state index contributed by atoms with van der Waals surface area (Å²) in [5.41, 5.74) is 1.49. The number of ether oxygens (including phenoxy) is 2. The highest BCUT2D eigenvalue weighted by Gasteiger charge is 2.09. The molecule has 0 aliphatic heterocycles. The number of halogens is 2. The molecule has 3 rings (SSSR count). The van der Waals surface area contributed by atoms with Gasteiger partial charge in [0.25, 0.3) is 0 Å². The van der Waals surface area contributed by atoms with Gasteiger partial charge in [-0.25, -0.2) is 9.07 Å². The second-order valence-corrected chi connectivity index (χ2v) is 6.66. The maximum atomic E-state index is 13.1. The van der Waals surface area contributed by atoms with Crippen molar-refractivity contribution < 1.29 is 18.7 Å². The lowest BCUT2D eigenvalue weighted by Crippen LogP contribution is -2.31. The number of carbonyl (C=O) groups excluding carboxylic acids is 1. The second-order valence-electron chi connectivity index (χ2n) is 5.81. The Bertz CT molecular complexity index is 964. The quantitative estimate of drug-likeness (QED) is 0.535. The number of rotatable bonds is 8.